The Labute approximate surface area is 96.0 Å². The quantitative estimate of drug-likeness (QED) is 0.694. The number of esters is 1. The number of nitrogens with zero attached hydrogens (tertiary/aromatic N) is 1. The first-order chi connectivity index (χ1) is 7.27. The molecule has 0 saturated carbocycles. The van der Waals surface area contributed by atoms with E-state index in [2.05, 4.69) is 4.90 Å². The molecule has 0 aromatic rings. The van der Waals surface area contributed by atoms with Crippen LogP contribution >= 0.6 is 11.6 Å². The van der Waals surface area contributed by atoms with E-state index in [1.54, 1.807) is 0 Å². The number of carbonyl (C=O) groups excluding carboxylic acids is 1. The molecule has 0 N–H and O–H groups in total. The van der Waals surface area contributed by atoms with Gasteiger partial charge in [0.1, 0.15) is 0 Å². The zero-order valence-corrected chi connectivity index (χ0v) is 9.87. The van der Waals surface area contributed by atoms with Gasteiger partial charge in [-0.2, -0.15) is 0 Å². The predicted octanol–water partition coefficient (Wildman–Crippen LogP) is 2.01. The number of carbonyl (C=O) groups is 1. The van der Waals surface area contributed by atoms with Gasteiger partial charge in [-0.3, -0.25) is 9.69 Å². The topological polar surface area (TPSA) is 29.5 Å². The van der Waals surface area contributed by atoms with Crippen LogP contribution in [0.4, 0.5) is 0 Å². The van der Waals surface area contributed by atoms with Crippen LogP contribution in [0.1, 0.15) is 19.8 Å². The van der Waals surface area contributed by atoms with Crippen LogP contribution in [0.15, 0.2) is 11.6 Å². The molecule has 86 valence electrons. The molecule has 0 bridgehead atoms. The van der Waals surface area contributed by atoms with E-state index in [1.165, 1.54) is 5.54 Å². The molecule has 0 aromatic carbocycles. The highest BCUT2D eigenvalue weighted by Crippen LogP contribution is 2.17. The molecule has 0 aliphatic carbocycles. The summed E-state index contributed by atoms with van der Waals surface area (Å²) >= 11 is 5.47. The van der Waals surface area contributed by atoms with E-state index in [9.17, 15) is 4.79 Å². The number of hydrogen-bond acceptors (Lipinski definition) is 3. The van der Waals surface area contributed by atoms with Crippen LogP contribution in [-0.2, 0) is 9.53 Å². The summed E-state index contributed by atoms with van der Waals surface area (Å²) < 4.78 is 5.02. The SMILES string of the molecule is CCOC(=O)[C@H]1CCCN(C/C=C/Cl)C1. The molecule has 1 rings (SSSR count). The number of piperidine rings is 1. The standard InChI is InChI=1S/C11H18ClNO2/c1-2-15-11(14)10-5-3-7-13(9-10)8-4-6-12/h4,6,10H,2-3,5,7-9H2,1H3/b6-4+/t10-/m0/s1. The van der Waals surface area contributed by atoms with Gasteiger partial charge >= 0.3 is 5.97 Å². The molecule has 0 unspecified atom stereocenters. The highest BCUT2D eigenvalue weighted by Gasteiger charge is 2.25. The fraction of sp³-hybridized carbons (Fsp3) is 0.727. The second-order valence-electron chi connectivity index (χ2n) is 3.71. The molecule has 3 nitrogen and oxygen atoms in total. The van der Waals surface area contributed by atoms with Crippen LogP contribution < -0.4 is 0 Å². The average Bonchev–Trinajstić information content (AvgIpc) is 2.27. The van der Waals surface area contributed by atoms with E-state index in [0.29, 0.717) is 6.61 Å². The van der Waals surface area contributed by atoms with Crippen molar-refractivity contribution < 1.29 is 9.53 Å². The lowest BCUT2D eigenvalue weighted by molar-refractivity contribution is -0.149. The van der Waals surface area contributed by atoms with Gasteiger partial charge in [-0.25, -0.2) is 0 Å². The van der Waals surface area contributed by atoms with Crippen LogP contribution in [0.2, 0.25) is 0 Å². The molecular weight excluding hydrogens is 214 g/mol. The van der Waals surface area contributed by atoms with Crippen molar-refractivity contribution in [1.82, 2.24) is 4.90 Å². The first kappa shape index (κ1) is 12.5. The molecule has 0 amide bonds. The van der Waals surface area contributed by atoms with Crippen molar-refractivity contribution in [3.05, 3.63) is 11.6 Å². The van der Waals surface area contributed by atoms with Gasteiger partial charge in [0, 0.05) is 18.6 Å². The second-order valence-corrected chi connectivity index (χ2v) is 3.96. The molecule has 1 atom stereocenters. The maximum Gasteiger partial charge on any atom is 0.310 e. The van der Waals surface area contributed by atoms with Gasteiger partial charge in [-0.05, 0) is 26.3 Å². The summed E-state index contributed by atoms with van der Waals surface area (Å²) in [4.78, 5) is 13.8. The Morgan fingerprint density at radius 1 is 1.67 bits per heavy atom. The van der Waals surface area contributed by atoms with E-state index in [0.717, 1.165) is 32.5 Å². The Kier molecular flexibility index (Phi) is 5.73. The Bertz CT molecular complexity index is 231. The van der Waals surface area contributed by atoms with Gasteiger partial charge in [-0.15, -0.1) is 0 Å². The minimum atomic E-state index is -0.0583. The van der Waals surface area contributed by atoms with E-state index in [-0.39, 0.29) is 11.9 Å². The second kappa shape index (κ2) is 6.85. The van der Waals surface area contributed by atoms with Crippen LogP contribution in [0.3, 0.4) is 0 Å². The number of halogens is 1. The van der Waals surface area contributed by atoms with E-state index < -0.39 is 0 Å². The van der Waals surface area contributed by atoms with Crippen molar-refractivity contribution in [2.24, 2.45) is 5.92 Å². The van der Waals surface area contributed by atoms with Crippen LogP contribution in [0, 0.1) is 5.92 Å². The molecule has 0 spiro atoms. The lowest BCUT2D eigenvalue weighted by Gasteiger charge is -2.30. The summed E-state index contributed by atoms with van der Waals surface area (Å²) in [6.07, 6.45) is 3.90. The van der Waals surface area contributed by atoms with Crippen molar-refractivity contribution in [3.63, 3.8) is 0 Å². The zero-order valence-electron chi connectivity index (χ0n) is 9.12. The number of likely N-dealkylation sites (tertiary alicyclic amines) is 1. The first-order valence-electron chi connectivity index (χ1n) is 5.42. The lowest BCUT2D eigenvalue weighted by atomic mass is 9.98. The first-order valence-corrected chi connectivity index (χ1v) is 5.85. The molecular formula is C11H18ClNO2. The minimum absolute atomic E-state index is 0.0439. The van der Waals surface area contributed by atoms with Crippen LogP contribution in [0.25, 0.3) is 0 Å². The average molecular weight is 232 g/mol. The Hall–Kier alpha value is -0.540. The summed E-state index contributed by atoms with van der Waals surface area (Å²) in [7, 11) is 0. The van der Waals surface area contributed by atoms with Crippen molar-refractivity contribution in [3.8, 4) is 0 Å². The number of rotatable bonds is 4. The maximum atomic E-state index is 11.5. The van der Waals surface area contributed by atoms with Gasteiger partial charge in [0.05, 0.1) is 12.5 Å². The molecule has 1 aliphatic rings. The van der Waals surface area contributed by atoms with Gasteiger partial charge in [0.25, 0.3) is 0 Å². The van der Waals surface area contributed by atoms with Gasteiger partial charge in [0.15, 0.2) is 0 Å². The molecule has 15 heavy (non-hydrogen) atoms. The van der Waals surface area contributed by atoms with E-state index in [4.69, 9.17) is 16.3 Å². The lowest BCUT2D eigenvalue weighted by Crippen LogP contribution is -2.39. The third-order valence-electron chi connectivity index (χ3n) is 2.58. The van der Waals surface area contributed by atoms with E-state index in [1.807, 2.05) is 13.0 Å². The minimum Gasteiger partial charge on any atom is -0.466 e. The Balaban J connectivity index is 2.37. The van der Waals surface area contributed by atoms with Gasteiger partial charge in [0.2, 0.25) is 0 Å². The molecule has 0 radical (unpaired) electrons. The molecule has 1 fully saturated rings. The molecule has 1 aliphatic heterocycles. The van der Waals surface area contributed by atoms with Crippen molar-refractivity contribution in [2.75, 3.05) is 26.2 Å². The highest BCUT2D eigenvalue weighted by atomic mass is 35.5. The smallest absolute Gasteiger partial charge is 0.310 e. The fourth-order valence-electron chi connectivity index (χ4n) is 1.86. The van der Waals surface area contributed by atoms with Crippen molar-refractivity contribution in [2.45, 2.75) is 19.8 Å². The largest absolute Gasteiger partial charge is 0.466 e. The predicted molar refractivity (Wildman–Crippen MR) is 60.8 cm³/mol. The third kappa shape index (κ3) is 4.22. The van der Waals surface area contributed by atoms with Crippen molar-refractivity contribution >= 4 is 17.6 Å². The summed E-state index contributed by atoms with van der Waals surface area (Å²) in [5.41, 5.74) is 1.52. The molecule has 0 aromatic heterocycles. The number of ether oxygens (including phenoxy) is 1. The van der Waals surface area contributed by atoms with Gasteiger partial charge < -0.3 is 4.74 Å². The third-order valence-corrected chi connectivity index (χ3v) is 2.76. The Morgan fingerprint density at radius 2 is 2.47 bits per heavy atom. The normalized spacial score (nSPS) is 23.2. The van der Waals surface area contributed by atoms with Crippen molar-refractivity contribution in [1.29, 1.82) is 0 Å². The van der Waals surface area contributed by atoms with E-state index >= 15 is 0 Å². The summed E-state index contributed by atoms with van der Waals surface area (Å²) in [6.45, 7) is 4.96. The van der Waals surface area contributed by atoms with Crippen LogP contribution in [0.5, 0.6) is 0 Å². The molecule has 1 heterocycles. The summed E-state index contributed by atoms with van der Waals surface area (Å²) in [5.74, 6) is -0.0144. The number of hydrogen-bond donors (Lipinski definition) is 0. The summed E-state index contributed by atoms with van der Waals surface area (Å²) in [5, 5.41) is 0. The maximum absolute atomic E-state index is 11.5. The molecule has 1 saturated heterocycles. The Morgan fingerprint density at radius 3 is 3.13 bits per heavy atom. The highest BCUT2D eigenvalue weighted by molar-refractivity contribution is 6.25. The zero-order chi connectivity index (χ0) is 11.1. The monoisotopic (exact) mass is 231 g/mol. The molecule has 4 heteroatoms. The summed E-state index contributed by atoms with van der Waals surface area (Å²) in [6, 6.07) is 0. The van der Waals surface area contributed by atoms with Gasteiger partial charge in [-0.1, -0.05) is 17.7 Å². The van der Waals surface area contributed by atoms with Crippen LogP contribution in [-0.4, -0.2) is 37.1 Å². The fourth-order valence-corrected chi connectivity index (χ4v) is 1.94.